The molecule has 1 aliphatic rings. The summed E-state index contributed by atoms with van der Waals surface area (Å²) < 4.78 is 5.69. The average molecular weight is 340 g/mol. The first-order valence-corrected chi connectivity index (χ1v) is 8.67. The molecule has 5 nitrogen and oxygen atoms in total. The maximum Gasteiger partial charge on any atom is 0.270 e. The van der Waals surface area contributed by atoms with Gasteiger partial charge < -0.3 is 14.6 Å². The molecule has 2 aromatic rings. The van der Waals surface area contributed by atoms with E-state index < -0.39 is 0 Å². The summed E-state index contributed by atoms with van der Waals surface area (Å²) in [6.45, 7) is 4.77. The van der Waals surface area contributed by atoms with Crippen molar-refractivity contribution in [1.82, 2.24) is 9.88 Å². The standard InChI is InChI=1S/C20H24N2O3/c1-13-7-9-15(10-8-13)25-12-11-22(3)20(24)19-14(2)18-16(21-19)5-4-6-17(18)23/h7-10,21H,4-6,11-12H2,1-3H3. The van der Waals surface area contributed by atoms with Crippen LogP contribution in [0.25, 0.3) is 0 Å². The molecule has 0 unspecified atom stereocenters. The van der Waals surface area contributed by atoms with Gasteiger partial charge in [-0.2, -0.15) is 0 Å². The highest BCUT2D eigenvalue weighted by Gasteiger charge is 2.27. The predicted molar refractivity (Wildman–Crippen MR) is 96.4 cm³/mol. The summed E-state index contributed by atoms with van der Waals surface area (Å²) in [7, 11) is 1.75. The maximum absolute atomic E-state index is 12.7. The zero-order valence-electron chi connectivity index (χ0n) is 15.0. The molecular formula is C20H24N2O3. The SMILES string of the molecule is Cc1ccc(OCCN(C)C(=O)c2[nH]c3c(c2C)C(=O)CCC3)cc1. The number of nitrogens with one attached hydrogen (secondary N) is 1. The van der Waals surface area contributed by atoms with Crippen LogP contribution >= 0.6 is 0 Å². The van der Waals surface area contributed by atoms with Crippen molar-refractivity contribution < 1.29 is 14.3 Å². The number of carbonyl (C=O) groups excluding carboxylic acids is 2. The van der Waals surface area contributed by atoms with Crippen LogP contribution in [0.4, 0.5) is 0 Å². The third-order valence-electron chi connectivity index (χ3n) is 4.71. The minimum atomic E-state index is -0.104. The lowest BCUT2D eigenvalue weighted by molar-refractivity contribution is 0.0767. The second kappa shape index (κ2) is 7.13. The number of benzene rings is 1. The summed E-state index contributed by atoms with van der Waals surface area (Å²) in [4.78, 5) is 29.6. The molecular weight excluding hydrogens is 316 g/mol. The molecule has 0 fully saturated rings. The van der Waals surface area contributed by atoms with Crippen molar-refractivity contribution in [3.05, 3.63) is 52.3 Å². The summed E-state index contributed by atoms with van der Waals surface area (Å²) in [5.74, 6) is 0.829. The van der Waals surface area contributed by atoms with Crippen LogP contribution in [0.1, 0.15) is 50.5 Å². The van der Waals surface area contributed by atoms with Gasteiger partial charge in [-0.25, -0.2) is 0 Å². The number of hydrogen-bond acceptors (Lipinski definition) is 3. The number of ether oxygens (including phenoxy) is 1. The Morgan fingerprint density at radius 1 is 1.20 bits per heavy atom. The normalized spacial score (nSPS) is 13.5. The van der Waals surface area contributed by atoms with Crippen molar-refractivity contribution >= 4 is 11.7 Å². The van der Waals surface area contributed by atoms with Crippen LogP contribution in [0.3, 0.4) is 0 Å². The van der Waals surface area contributed by atoms with Gasteiger partial charge in [0.15, 0.2) is 5.78 Å². The van der Waals surface area contributed by atoms with Gasteiger partial charge in [-0.3, -0.25) is 9.59 Å². The molecule has 0 atom stereocenters. The average Bonchev–Trinajstić information content (AvgIpc) is 2.94. The third kappa shape index (κ3) is 3.60. The summed E-state index contributed by atoms with van der Waals surface area (Å²) in [6, 6.07) is 7.83. The number of carbonyl (C=O) groups is 2. The highest BCUT2D eigenvalue weighted by Crippen LogP contribution is 2.27. The molecule has 0 aliphatic heterocycles. The zero-order chi connectivity index (χ0) is 18.0. The first-order chi connectivity index (χ1) is 12.0. The Morgan fingerprint density at radius 2 is 1.92 bits per heavy atom. The number of rotatable bonds is 5. The molecule has 1 aromatic carbocycles. The van der Waals surface area contributed by atoms with Gasteiger partial charge in [0.25, 0.3) is 5.91 Å². The molecule has 0 spiro atoms. The number of aromatic amines is 1. The number of Topliss-reactive ketones (excluding diaryl/α,β-unsaturated/α-hetero) is 1. The predicted octanol–water partition coefficient (Wildman–Crippen LogP) is 3.30. The van der Waals surface area contributed by atoms with Crippen LogP contribution < -0.4 is 4.74 Å². The minimum absolute atomic E-state index is 0.104. The molecule has 0 saturated heterocycles. The fourth-order valence-corrected chi connectivity index (χ4v) is 3.22. The quantitative estimate of drug-likeness (QED) is 0.908. The summed E-state index contributed by atoms with van der Waals surface area (Å²) >= 11 is 0. The molecule has 1 amide bonds. The Morgan fingerprint density at radius 3 is 2.60 bits per heavy atom. The largest absolute Gasteiger partial charge is 0.492 e. The van der Waals surface area contributed by atoms with Crippen LogP contribution in [0, 0.1) is 13.8 Å². The monoisotopic (exact) mass is 340 g/mol. The first-order valence-electron chi connectivity index (χ1n) is 8.67. The van der Waals surface area contributed by atoms with E-state index in [9.17, 15) is 9.59 Å². The van der Waals surface area contributed by atoms with Gasteiger partial charge in [-0.15, -0.1) is 0 Å². The van der Waals surface area contributed by atoms with Crippen LogP contribution in [-0.2, 0) is 6.42 Å². The Bertz CT molecular complexity index is 790. The van der Waals surface area contributed by atoms with Gasteiger partial charge >= 0.3 is 0 Å². The number of aryl methyl sites for hydroxylation is 2. The van der Waals surface area contributed by atoms with Crippen molar-refractivity contribution in [1.29, 1.82) is 0 Å². The molecule has 25 heavy (non-hydrogen) atoms. The Labute approximate surface area is 148 Å². The molecule has 1 aromatic heterocycles. The number of likely N-dealkylation sites (N-methyl/N-ethyl adjacent to an activating group) is 1. The van der Waals surface area contributed by atoms with Gasteiger partial charge in [0, 0.05) is 24.7 Å². The second-order valence-corrected chi connectivity index (χ2v) is 6.64. The lowest BCUT2D eigenvalue weighted by Crippen LogP contribution is -2.31. The van der Waals surface area contributed by atoms with E-state index in [-0.39, 0.29) is 11.7 Å². The Kier molecular flexibility index (Phi) is 4.93. The molecule has 5 heteroatoms. The minimum Gasteiger partial charge on any atom is -0.492 e. The first kappa shape index (κ1) is 17.3. The van der Waals surface area contributed by atoms with Crippen molar-refractivity contribution in [2.75, 3.05) is 20.2 Å². The summed E-state index contributed by atoms with van der Waals surface area (Å²) in [5.41, 5.74) is 4.11. The van der Waals surface area contributed by atoms with E-state index in [2.05, 4.69) is 4.98 Å². The topological polar surface area (TPSA) is 62.4 Å². The fraction of sp³-hybridized carbons (Fsp3) is 0.400. The van der Waals surface area contributed by atoms with Crippen LogP contribution in [-0.4, -0.2) is 41.8 Å². The van der Waals surface area contributed by atoms with Gasteiger partial charge in [0.1, 0.15) is 18.1 Å². The number of aromatic nitrogens is 1. The summed E-state index contributed by atoms with van der Waals surface area (Å²) in [5, 5.41) is 0. The number of H-pyrrole nitrogens is 1. The lowest BCUT2D eigenvalue weighted by Gasteiger charge is -2.17. The number of fused-ring (bicyclic) bond motifs is 1. The zero-order valence-corrected chi connectivity index (χ0v) is 15.0. The van der Waals surface area contributed by atoms with E-state index in [0.717, 1.165) is 35.4 Å². The van der Waals surface area contributed by atoms with Gasteiger partial charge in [0.2, 0.25) is 0 Å². The highest BCUT2D eigenvalue weighted by atomic mass is 16.5. The van der Waals surface area contributed by atoms with Gasteiger partial charge in [-0.1, -0.05) is 17.7 Å². The van der Waals surface area contributed by atoms with Crippen molar-refractivity contribution in [3.63, 3.8) is 0 Å². The van der Waals surface area contributed by atoms with Crippen LogP contribution in [0.15, 0.2) is 24.3 Å². The molecule has 3 rings (SSSR count). The third-order valence-corrected chi connectivity index (χ3v) is 4.71. The highest BCUT2D eigenvalue weighted by molar-refractivity contribution is 6.04. The van der Waals surface area contributed by atoms with E-state index in [0.29, 0.717) is 25.3 Å². The summed E-state index contributed by atoms with van der Waals surface area (Å²) in [6.07, 6.45) is 2.24. The maximum atomic E-state index is 12.7. The van der Waals surface area contributed by atoms with Crippen LogP contribution in [0.5, 0.6) is 5.75 Å². The Balaban J connectivity index is 1.63. The second-order valence-electron chi connectivity index (χ2n) is 6.64. The molecule has 1 heterocycles. The molecule has 0 saturated carbocycles. The number of amides is 1. The van der Waals surface area contributed by atoms with Crippen molar-refractivity contribution in [2.45, 2.75) is 33.1 Å². The van der Waals surface area contributed by atoms with Crippen LogP contribution in [0.2, 0.25) is 0 Å². The van der Waals surface area contributed by atoms with E-state index in [1.807, 2.05) is 38.1 Å². The molecule has 132 valence electrons. The number of hydrogen-bond donors (Lipinski definition) is 1. The van der Waals surface area contributed by atoms with E-state index in [1.165, 1.54) is 5.56 Å². The van der Waals surface area contributed by atoms with Crippen molar-refractivity contribution in [2.24, 2.45) is 0 Å². The molecule has 1 aliphatic carbocycles. The Hall–Kier alpha value is -2.56. The van der Waals surface area contributed by atoms with E-state index in [1.54, 1.807) is 11.9 Å². The lowest BCUT2D eigenvalue weighted by atomic mass is 9.94. The van der Waals surface area contributed by atoms with Gasteiger partial charge in [-0.05, 0) is 44.4 Å². The van der Waals surface area contributed by atoms with E-state index >= 15 is 0 Å². The molecule has 0 bridgehead atoms. The van der Waals surface area contributed by atoms with Crippen molar-refractivity contribution in [3.8, 4) is 5.75 Å². The van der Waals surface area contributed by atoms with E-state index in [4.69, 9.17) is 4.74 Å². The fourth-order valence-electron chi connectivity index (χ4n) is 3.22. The van der Waals surface area contributed by atoms with Gasteiger partial charge in [0.05, 0.1) is 6.54 Å². The molecule has 0 radical (unpaired) electrons. The molecule has 1 N–H and O–H groups in total. The number of ketones is 1. The number of nitrogens with zero attached hydrogens (tertiary/aromatic N) is 1. The smallest absolute Gasteiger partial charge is 0.270 e.